The lowest BCUT2D eigenvalue weighted by molar-refractivity contribution is -0.164. The van der Waals surface area contributed by atoms with E-state index in [-0.39, 0.29) is 25.0 Å². The van der Waals surface area contributed by atoms with Crippen molar-refractivity contribution in [3.63, 3.8) is 0 Å². The van der Waals surface area contributed by atoms with Gasteiger partial charge < -0.3 is 20.1 Å². The van der Waals surface area contributed by atoms with Gasteiger partial charge in [0.05, 0.1) is 5.41 Å². The molecule has 2 fully saturated rings. The van der Waals surface area contributed by atoms with Gasteiger partial charge in [-0.2, -0.15) is 0 Å². The maximum Gasteiger partial charge on any atom is 0.407 e. The molecule has 178 valence electrons. The van der Waals surface area contributed by atoms with Crippen LogP contribution >= 0.6 is 0 Å². The van der Waals surface area contributed by atoms with E-state index in [0.717, 1.165) is 30.4 Å². The monoisotopic (exact) mass is 462 g/mol. The fraction of sp³-hybridized carbons (Fsp3) is 0.444. The number of aliphatic carboxylic acids is 1. The molecule has 2 amide bonds. The number of carbonyl (C=O) groups excluding carboxylic acids is 2. The summed E-state index contributed by atoms with van der Waals surface area (Å²) in [6, 6.07) is 15.6. The Hall–Kier alpha value is -3.35. The molecule has 1 atom stereocenters. The second-order valence-electron chi connectivity index (χ2n) is 9.66. The Morgan fingerprint density at radius 1 is 0.971 bits per heavy atom. The molecule has 7 heteroatoms. The van der Waals surface area contributed by atoms with Crippen molar-refractivity contribution < 1.29 is 24.2 Å². The molecule has 1 saturated carbocycles. The average Bonchev–Trinajstić information content (AvgIpc) is 3.14. The number of amides is 2. The number of fused-ring (bicyclic) bond motifs is 3. The maximum absolute atomic E-state index is 13.3. The fourth-order valence-electron chi connectivity index (χ4n) is 5.78. The molecule has 5 rings (SSSR count). The van der Waals surface area contributed by atoms with Crippen LogP contribution in [0, 0.1) is 5.41 Å². The molecule has 1 heterocycles. The van der Waals surface area contributed by atoms with Gasteiger partial charge in [-0.3, -0.25) is 4.79 Å². The van der Waals surface area contributed by atoms with Crippen LogP contribution in [0.3, 0.4) is 0 Å². The highest BCUT2D eigenvalue weighted by Gasteiger charge is 2.48. The van der Waals surface area contributed by atoms with Crippen molar-refractivity contribution >= 4 is 18.0 Å². The second kappa shape index (κ2) is 9.12. The Labute approximate surface area is 199 Å². The topological polar surface area (TPSA) is 95.9 Å². The summed E-state index contributed by atoms with van der Waals surface area (Å²) in [7, 11) is 0. The Bertz CT molecular complexity index is 1060. The van der Waals surface area contributed by atoms with Crippen LogP contribution in [0.2, 0.25) is 0 Å². The number of rotatable bonds is 6. The van der Waals surface area contributed by atoms with Crippen LogP contribution in [0.4, 0.5) is 4.79 Å². The van der Waals surface area contributed by atoms with E-state index >= 15 is 0 Å². The number of hydrogen-bond donors (Lipinski definition) is 2. The number of ether oxygens (including phenoxy) is 1. The number of benzene rings is 2. The minimum absolute atomic E-state index is 0.0270. The number of alkyl carbamates (subject to hydrolysis) is 1. The van der Waals surface area contributed by atoms with Gasteiger partial charge in [-0.15, -0.1) is 0 Å². The first-order valence-electron chi connectivity index (χ1n) is 12.1. The quantitative estimate of drug-likeness (QED) is 0.672. The Balaban J connectivity index is 1.24. The van der Waals surface area contributed by atoms with Crippen molar-refractivity contribution in [2.24, 2.45) is 5.41 Å². The van der Waals surface area contributed by atoms with Crippen molar-refractivity contribution in [3.05, 3.63) is 59.7 Å². The largest absolute Gasteiger partial charge is 0.480 e. The molecule has 0 bridgehead atoms. The first kappa shape index (κ1) is 22.4. The highest BCUT2D eigenvalue weighted by Crippen LogP contribution is 2.44. The zero-order valence-corrected chi connectivity index (χ0v) is 19.2. The number of nitrogens with zero attached hydrogens (tertiary/aromatic N) is 1. The average molecular weight is 463 g/mol. The second-order valence-corrected chi connectivity index (χ2v) is 9.66. The number of hydrogen-bond acceptors (Lipinski definition) is 4. The zero-order chi connectivity index (χ0) is 23.7. The summed E-state index contributed by atoms with van der Waals surface area (Å²) in [5, 5.41) is 12.2. The summed E-state index contributed by atoms with van der Waals surface area (Å²) in [4.78, 5) is 39.0. The molecule has 1 saturated heterocycles. The van der Waals surface area contributed by atoms with Crippen LogP contribution in [0.5, 0.6) is 0 Å². The fourth-order valence-corrected chi connectivity index (χ4v) is 5.78. The van der Waals surface area contributed by atoms with Gasteiger partial charge in [0.25, 0.3) is 0 Å². The number of carboxylic acids is 1. The molecule has 1 aliphatic heterocycles. The molecule has 2 aromatic rings. The van der Waals surface area contributed by atoms with Gasteiger partial charge in [-0.1, -0.05) is 67.8 Å². The van der Waals surface area contributed by atoms with Gasteiger partial charge in [-0.25, -0.2) is 9.59 Å². The van der Waals surface area contributed by atoms with Gasteiger partial charge in [0.1, 0.15) is 12.6 Å². The SMILES string of the molecule is O=C(NCC1(C(=O)N2CCC2C(=O)O)CCCCC1)OCC1c2ccccc2-c2ccccc21. The molecule has 0 aromatic heterocycles. The standard InChI is InChI=1S/C27H30N2O5/c30-24(31)23-12-15-29(23)25(32)27(13-6-1-7-14-27)17-28-26(33)34-16-22-20-10-4-2-8-18(20)19-9-3-5-11-21(19)22/h2-5,8-11,22-23H,1,6-7,12-17H2,(H,28,33)(H,30,31). The van der Waals surface area contributed by atoms with Crippen LogP contribution < -0.4 is 5.32 Å². The van der Waals surface area contributed by atoms with Gasteiger partial charge in [0.2, 0.25) is 5.91 Å². The lowest BCUT2D eigenvalue weighted by atomic mass is 9.72. The van der Waals surface area contributed by atoms with Crippen molar-refractivity contribution in [3.8, 4) is 11.1 Å². The first-order valence-corrected chi connectivity index (χ1v) is 12.1. The summed E-state index contributed by atoms with van der Waals surface area (Å²) in [6.07, 6.45) is 4.07. The summed E-state index contributed by atoms with van der Waals surface area (Å²) in [5.41, 5.74) is 3.88. The number of likely N-dealkylation sites (tertiary alicyclic amines) is 1. The van der Waals surface area contributed by atoms with Crippen molar-refractivity contribution in [1.82, 2.24) is 10.2 Å². The van der Waals surface area contributed by atoms with Crippen LogP contribution in [0.15, 0.2) is 48.5 Å². The van der Waals surface area contributed by atoms with E-state index in [4.69, 9.17) is 4.74 Å². The van der Waals surface area contributed by atoms with E-state index < -0.39 is 23.5 Å². The van der Waals surface area contributed by atoms with E-state index in [9.17, 15) is 19.5 Å². The van der Waals surface area contributed by atoms with Gasteiger partial charge in [-0.05, 0) is 41.5 Å². The van der Waals surface area contributed by atoms with Crippen molar-refractivity contribution in [2.75, 3.05) is 19.7 Å². The third-order valence-electron chi connectivity index (χ3n) is 7.74. The summed E-state index contributed by atoms with van der Waals surface area (Å²) in [6.45, 7) is 0.849. The molecule has 2 aliphatic carbocycles. The molecule has 2 aromatic carbocycles. The van der Waals surface area contributed by atoms with Crippen molar-refractivity contribution in [1.29, 1.82) is 0 Å². The van der Waals surface area contributed by atoms with Gasteiger partial charge >= 0.3 is 12.1 Å². The van der Waals surface area contributed by atoms with Crippen LogP contribution in [0.25, 0.3) is 11.1 Å². The van der Waals surface area contributed by atoms with E-state index in [1.54, 1.807) is 0 Å². The smallest absolute Gasteiger partial charge is 0.407 e. The molecule has 0 spiro atoms. The normalized spacial score (nSPS) is 20.6. The predicted octanol–water partition coefficient (Wildman–Crippen LogP) is 4.16. The molecule has 34 heavy (non-hydrogen) atoms. The summed E-state index contributed by atoms with van der Waals surface area (Å²) >= 11 is 0. The Morgan fingerprint density at radius 2 is 1.59 bits per heavy atom. The third kappa shape index (κ3) is 3.93. The molecule has 2 N–H and O–H groups in total. The number of carbonyl (C=O) groups is 3. The summed E-state index contributed by atoms with van der Waals surface area (Å²) in [5.74, 6) is -1.14. The first-order chi connectivity index (χ1) is 16.5. The van der Waals surface area contributed by atoms with Crippen LogP contribution in [-0.2, 0) is 14.3 Å². The highest BCUT2D eigenvalue weighted by atomic mass is 16.5. The summed E-state index contributed by atoms with van der Waals surface area (Å²) < 4.78 is 5.65. The maximum atomic E-state index is 13.3. The highest BCUT2D eigenvalue weighted by molar-refractivity contribution is 5.89. The van der Waals surface area contributed by atoms with E-state index in [1.165, 1.54) is 16.0 Å². The molecular formula is C27H30N2O5. The minimum Gasteiger partial charge on any atom is -0.480 e. The third-order valence-corrected chi connectivity index (χ3v) is 7.74. The van der Waals surface area contributed by atoms with Crippen LogP contribution in [-0.4, -0.2) is 53.7 Å². The van der Waals surface area contributed by atoms with Crippen LogP contribution in [0.1, 0.15) is 55.6 Å². The van der Waals surface area contributed by atoms with E-state index in [1.807, 2.05) is 24.3 Å². The minimum atomic E-state index is -0.963. The molecule has 1 unspecified atom stereocenters. The number of carboxylic acid groups (broad SMARTS) is 1. The Kier molecular flexibility index (Phi) is 6.02. The van der Waals surface area contributed by atoms with E-state index in [0.29, 0.717) is 25.8 Å². The van der Waals surface area contributed by atoms with Crippen molar-refractivity contribution in [2.45, 2.75) is 50.5 Å². The zero-order valence-electron chi connectivity index (χ0n) is 19.2. The molecule has 7 nitrogen and oxygen atoms in total. The van der Waals surface area contributed by atoms with Gasteiger partial charge in [0, 0.05) is 19.0 Å². The molecule has 3 aliphatic rings. The lowest BCUT2D eigenvalue weighted by Gasteiger charge is -2.46. The van der Waals surface area contributed by atoms with Gasteiger partial charge in [0.15, 0.2) is 0 Å². The lowest BCUT2D eigenvalue weighted by Crippen LogP contribution is -2.61. The number of nitrogens with one attached hydrogen (secondary N) is 1. The molecule has 0 radical (unpaired) electrons. The Morgan fingerprint density at radius 3 is 2.15 bits per heavy atom. The molecular weight excluding hydrogens is 432 g/mol. The predicted molar refractivity (Wildman–Crippen MR) is 126 cm³/mol. The van der Waals surface area contributed by atoms with E-state index in [2.05, 4.69) is 29.6 Å².